The van der Waals surface area contributed by atoms with E-state index in [2.05, 4.69) is 53.7 Å². The molecule has 0 aliphatic rings. The van der Waals surface area contributed by atoms with Crippen LogP contribution in [0.5, 0.6) is 6.01 Å². The van der Waals surface area contributed by atoms with Gasteiger partial charge >= 0.3 is 0 Å². The maximum Gasteiger partial charge on any atom is 0.297 e. The van der Waals surface area contributed by atoms with E-state index in [1.807, 2.05) is 19.1 Å². The van der Waals surface area contributed by atoms with Crippen LogP contribution in [0.4, 0.5) is 0 Å². The number of aryl methyl sites for hydroxylation is 2. The van der Waals surface area contributed by atoms with Gasteiger partial charge in [0.15, 0.2) is 0 Å². The fourth-order valence-electron chi connectivity index (χ4n) is 2.61. The standard InChI is InChI=1S/C18H20N2O/c1-4-21-18-19-16-7-5-6-14(3)17(16)20(18)12-15-10-8-13(2)9-11-15/h5-11H,4,12H2,1-3H3. The molecule has 3 nitrogen and oxygen atoms in total. The van der Waals surface area contributed by atoms with E-state index in [9.17, 15) is 0 Å². The van der Waals surface area contributed by atoms with Crippen molar-refractivity contribution < 1.29 is 4.74 Å². The molecule has 0 aliphatic carbocycles. The van der Waals surface area contributed by atoms with Crippen LogP contribution in [-0.2, 0) is 6.54 Å². The average Bonchev–Trinajstić information content (AvgIpc) is 2.81. The highest BCUT2D eigenvalue weighted by molar-refractivity contribution is 5.80. The Labute approximate surface area is 125 Å². The van der Waals surface area contributed by atoms with Crippen LogP contribution >= 0.6 is 0 Å². The zero-order valence-electron chi connectivity index (χ0n) is 12.8. The number of fused-ring (bicyclic) bond motifs is 1. The summed E-state index contributed by atoms with van der Waals surface area (Å²) in [7, 11) is 0. The van der Waals surface area contributed by atoms with Crippen LogP contribution in [0.3, 0.4) is 0 Å². The van der Waals surface area contributed by atoms with Crippen LogP contribution in [0.25, 0.3) is 11.0 Å². The number of nitrogens with zero attached hydrogens (tertiary/aromatic N) is 2. The summed E-state index contributed by atoms with van der Waals surface area (Å²) < 4.78 is 7.89. The van der Waals surface area contributed by atoms with Crippen molar-refractivity contribution in [2.75, 3.05) is 6.61 Å². The summed E-state index contributed by atoms with van der Waals surface area (Å²) in [6, 6.07) is 15.5. The minimum absolute atomic E-state index is 0.621. The first kappa shape index (κ1) is 13.7. The fraction of sp³-hybridized carbons (Fsp3) is 0.278. The largest absolute Gasteiger partial charge is 0.465 e. The lowest BCUT2D eigenvalue weighted by Crippen LogP contribution is -2.05. The van der Waals surface area contributed by atoms with Crippen molar-refractivity contribution in [2.24, 2.45) is 0 Å². The SMILES string of the molecule is CCOc1nc2cccc(C)c2n1Cc1ccc(C)cc1. The summed E-state index contributed by atoms with van der Waals surface area (Å²) in [5.74, 6) is 0. The predicted octanol–water partition coefficient (Wildman–Crippen LogP) is 4.10. The van der Waals surface area contributed by atoms with Crippen LogP contribution < -0.4 is 4.74 Å². The summed E-state index contributed by atoms with van der Waals surface area (Å²) in [5.41, 5.74) is 5.89. The lowest BCUT2D eigenvalue weighted by Gasteiger charge is -2.10. The molecule has 0 spiro atoms. The molecule has 0 fully saturated rings. The Kier molecular flexibility index (Phi) is 3.65. The monoisotopic (exact) mass is 280 g/mol. The maximum absolute atomic E-state index is 5.72. The van der Waals surface area contributed by atoms with Crippen molar-refractivity contribution in [3.63, 3.8) is 0 Å². The van der Waals surface area contributed by atoms with Gasteiger partial charge in [-0.1, -0.05) is 42.0 Å². The first-order valence-corrected chi connectivity index (χ1v) is 7.33. The molecule has 0 radical (unpaired) electrons. The molecule has 2 aromatic carbocycles. The van der Waals surface area contributed by atoms with Crippen molar-refractivity contribution in [2.45, 2.75) is 27.3 Å². The maximum atomic E-state index is 5.72. The molecule has 21 heavy (non-hydrogen) atoms. The second-order valence-electron chi connectivity index (χ2n) is 5.34. The molecule has 108 valence electrons. The van der Waals surface area contributed by atoms with Gasteiger partial charge in [0.25, 0.3) is 6.01 Å². The van der Waals surface area contributed by atoms with E-state index < -0.39 is 0 Å². The zero-order chi connectivity index (χ0) is 14.8. The summed E-state index contributed by atoms with van der Waals surface area (Å²) >= 11 is 0. The second kappa shape index (κ2) is 5.60. The lowest BCUT2D eigenvalue weighted by atomic mass is 10.1. The molecule has 3 rings (SSSR count). The van der Waals surface area contributed by atoms with Gasteiger partial charge in [-0.15, -0.1) is 0 Å². The predicted molar refractivity (Wildman–Crippen MR) is 85.9 cm³/mol. The highest BCUT2D eigenvalue weighted by atomic mass is 16.5. The molecule has 1 aromatic heterocycles. The molecule has 0 saturated heterocycles. The Balaban J connectivity index is 2.10. The van der Waals surface area contributed by atoms with E-state index in [1.165, 1.54) is 16.7 Å². The number of hydrogen-bond acceptors (Lipinski definition) is 2. The average molecular weight is 280 g/mol. The van der Waals surface area contributed by atoms with E-state index >= 15 is 0 Å². The quantitative estimate of drug-likeness (QED) is 0.719. The minimum atomic E-state index is 0.621. The van der Waals surface area contributed by atoms with Crippen LogP contribution in [0, 0.1) is 13.8 Å². The Morgan fingerprint density at radius 1 is 1.05 bits per heavy atom. The van der Waals surface area contributed by atoms with E-state index in [0.29, 0.717) is 12.6 Å². The van der Waals surface area contributed by atoms with Crippen molar-refractivity contribution in [3.8, 4) is 6.01 Å². The fourth-order valence-corrected chi connectivity index (χ4v) is 2.61. The zero-order valence-corrected chi connectivity index (χ0v) is 12.8. The lowest BCUT2D eigenvalue weighted by molar-refractivity contribution is 0.301. The third-order valence-electron chi connectivity index (χ3n) is 3.67. The molecule has 0 saturated carbocycles. The molecule has 3 aromatic rings. The second-order valence-corrected chi connectivity index (χ2v) is 5.34. The number of rotatable bonds is 4. The number of para-hydroxylation sites is 1. The van der Waals surface area contributed by atoms with Crippen LogP contribution in [0.1, 0.15) is 23.6 Å². The van der Waals surface area contributed by atoms with Crippen LogP contribution in [0.15, 0.2) is 42.5 Å². The van der Waals surface area contributed by atoms with Crippen LogP contribution in [0.2, 0.25) is 0 Å². The Hall–Kier alpha value is -2.29. The molecule has 1 heterocycles. The van der Waals surface area contributed by atoms with E-state index in [4.69, 9.17) is 4.74 Å². The van der Waals surface area contributed by atoms with Gasteiger partial charge in [-0.05, 0) is 38.0 Å². The van der Waals surface area contributed by atoms with E-state index in [0.717, 1.165) is 17.6 Å². The summed E-state index contributed by atoms with van der Waals surface area (Å²) in [5, 5.41) is 0. The normalized spacial score (nSPS) is 11.0. The summed E-state index contributed by atoms with van der Waals surface area (Å²) in [6.07, 6.45) is 0. The van der Waals surface area contributed by atoms with Gasteiger partial charge in [0.2, 0.25) is 0 Å². The van der Waals surface area contributed by atoms with E-state index in [-0.39, 0.29) is 0 Å². The minimum Gasteiger partial charge on any atom is -0.465 e. The van der Waals surface area contributed by atoms with Gasteiger partial charge < -0.3 is 4.74 Å². The van der Waals surface area contributed by atoms with Crippen molar-refractivity contribution in [1.29, 1.82) is 0 Å². The molecular formula is C18H20N2O. The highest BCUT2D eigenvalue weighted by Crippen LogP contribution is 2.25. The smallest absolute Gasteiger partial charge is 0.297 e. The molecule has 0 aliphatic heterocycles. The topological polar surface area (TPSA) is 27.1 Å². The number of hydrogen-bond donors (Lipinski definition) is 0. The van der Waals surface area contributed by atoms with Gasteiger partial charge in [-0.25, -0.2) is 0 Å². The number of benzene rings is 2. The van der Waals surface area contributed by atoms with Crippen molar-refractivity contribution >= 4 is 11.0 Å². The molecular weight excluding hydrogens is 260 g/mol. The molecule has 0 N–H and O–H groups in total. The van der Waals surface area contributed by atoms with Gasteiger partial charge in [-0.2, -0.15) is 4.98 Å². The number of aromatic nitrogens is 2. The third-order valence-corrected chi connectivity index (χ3v) is 3.67. The Morgan fingerprint density at radius 2 is 1.81 bits per heavy atom. The first-order valence-electron chi connectivity index (χ1n) is 7.33. The summed E-state index contributed by atoms with van der Waals surface area (Å²) in [4.78, 5) is 4.62. The molecule has 0 unspecified atom stereocenters. The molecule has 0 atom stereocenters. The van der Waals surface area contributed by atoms with Gasteiger partial charge in [0.1, 0.15) is 0 Å². The highest BCUT2D eigenvalue weighted by Gasteiger charge is 2.13. The van der Waals surface area contributed by atoms with Gasteiger partial charge in [0, 0.05) is 0 Å². The summed E-state index contributed by atoms with van der Waals surface area (Å²) in [6.45, 7) is 7.60. The Bertz CT molecular complexity index is 757. The third kappa shape index (κ3) is 2.64. The Morgan fingerprint density at radius 3 is 2.52 bits per heavy atom. The number of imidazole rings is 1. The van der Waals surface area contributed by atoms with Crippen molar-refractivity contribution in [3.05, 3.63) is 59.2 Å². The molecule has 0 amide bonds. The van der Waals surface area contributed by atoms with Gasteiger partial charge in [-0.3, -0.25) is 4.57 Å². The number of ether oxygens (including phenoxy) is 1. The molecule has 0 bridgehead atoms. The van der Waals surface area contributed by atoms with Gasteiger partial charge in [0.05, 0.1) is 24.2 Å². The van der Waals surface area contributed by atoms with Crippen LogP contribution in [-0.4, -0.2) is 16.2 Å². The molecule has 3 heteroatoms. The first-order chi connectivity index (χ1) is 10.2. The van der Waals surface area contributed by atoms with E-state index in [1.54, 1.807) is 0 Å². The van der Waals surface area contributed by atoms with Crippen molar-refractivity contribution in [1.82, 2.24) is 9.55 Å².